The molecule has 0 unspecified atom stereocenters. The van der Waals surface area contributed by atoms with Gasteiger partial charge >= 0.3 is 0 Å². The summed E-state index contributed by atoms with van der Waals surface area (Å²) in [6.45, 7) is 2.04. The normalized spacial score (nSPS) is 11.1. The first-order valence-corrected chi connectivity index (χ1v) is 6.43. The van der Waals surface area contributed by atoms with Crippen LogP contribution < -0.4 is 0 Å². The van der Waals surface area contributed by atoms with Crippen LogP contribution in [0.5, 0.6) is 0 Å². The summed E-state index contributed by atoms with van der Waals surface area (Å²) in [5, 5.41) is 9.24. The second-order valence-electron chi connectivity index (χ2n) is 4.09. The fourth-order valence-electron chi connectivity index (χ4n) is 1.64. The van der Waals surface area contributed by atoms with Gasteiger partial charge in [-0.15, -0.1) is 0 Å². The molecule has 2 heteroatoms. The quantitative estimate of drug-likeness (QED) is 0.576. The van der Waals surface area contributed by atoms with Gasteiger partial charge in [-0.05, 0) is 36.3 Å². The highest BCUT2D eigenvalue weighted by Gasteiger charge is 2.00. The second-order valence-corrected chi connectivity index (χ2v) is 5.00. The van der Waals surface area contributed by atoms with E-state index in [1.807, 2.05) is 61.5 Å². The van der Waals surface area contributed by atoms with E-state index in [1.165, 1.54) is 5.56 Å². The largest absolute Gasteiger partial charge is 0.192 e. The monoisotopic (exact) mass is 297 g/mol. The van der Waals surface area contributed by atoms with Crippen molar-refractivity contribution >= 4 is 27.6 Å². The SMILES string of the molecule is Cc1ccc(/C(C#N)=C/c2ccc(Br)cc2)cc1. The molecule has 0 saturated heterocycles. The third-order valence-electron chi connectivity index (χ3n) is 2.66. The van der Waals surface area contributed by atoms with Gasteiger partial charge in [0.15, 0.2) is 0 Å². The van der Waals surface area contributed by atoms with Crippen molar-refractivity contribution in [2.24, 2.45) is 0 Å². The van der Waals surface area contributed by atoms with E-state index in [9.17, 15) is 5.26 Å². The minimum Gasteiger partial charge on any atom is -0.192 e. The Morgan fingerprint density at radius 3 is 2.22 bits per heavy atom. The maximum atomic E-state index is 9.24. The molecule has 88 valence electrons. The Bertz CT molecular complexity index is 601. The molecule has 2 aromatic rings. The number of halogens is 1. The van der Waals surface area contributed by atoms with E-state index in [1.54, 1.807) is 0 Å². The number of rotatable bonds is 2. The molecule has 2 aromatic carbocycles. The Balaban J connectivity index is 2.37. The fraction of sp³-hybridized carbons (Fsp3) is 0.0625. The van der Waals surface area contributed by atoms with E-state index < -0.39 is 0 Å². The molecule has 0 bridgehead atoms. The van der Waals surface area contributed by atoms with Gasteiger partial charge in [0, 0.05) is 4.47 Å². The maximum Gasteiger partial charge on any atom is 0.0998 e. The lowest BCUT2D eigenvalue weighted by Crippen LogP contribution is -1.82. The molecule has 0 heterocycles. The molecule has 0 amide bonds. The summed E-state index contributed by atoms with van der Waals surface area (Å²) in [7, 11) is 0. The summed E-state index contributed by atoms with van der Waals surface area (Å²) in [6.07, 6.45) is 1.90. The first-order valence-electron chi connectivity index (χ1n) is 5.63. The molecule has 2 rings (SSSR count). The molecular weight excluding hydrogens is 286 g/mol. The Hall–Kier alpha value is -1.85. The van der Waals surface area contributed by atoms with Crippen molar-refractivity contribution in [3.05, 3.63) is 69.7 Å². The molecule has 0 fully saturated rings. The van der Waals surface area contributed by atoms with Crippen LogP contribution in [0.3, 0.4) is 0 Å². The van der Waals surface area contributed by atoms with Crippen molar-refractivity contribution in [3.63, 3.8) is 0 Å². The standard InChI is InChI=1S/C16H12BrN/c1-12-2-6-14(7-3-12)15(11-18)10-13-4-8-16(17)9-5-13/h2-10H,1H3/b15-10+. The molecule has 0 saturated carbocycles. The Morgan fingerprint density at radius 2 is 1.67 bits per heavy atom. The molecule has 0 aliphatic carbocycles. The predicted octanol–water partition coefficient (Wildman–Crippen LogP) is 4.82. The van der Waals surface area contributed by atoms with Crippen LogP contribution in [-0.4, -0.2) is 0 Å². The highest BCUT2D eigenvalue weighted by atomic mass is 79.9. The van der Waals surface area contributed by atoms with Crippen molar-refractivity contribution < 1.29 is 0 Å². The van der Waals surface area contributed by atoms with Gasteiger partial charge in [-0.2, -0.15) is 5.26 Å². The van der Waals surface area contributed by atoms with Gasteiger partial charge in [-0.3, -0.25) is 0 Å². The van der Waals surface area contributed by atoms with Crippen molar-refractivity contribution in [2.45, 2.75) is 6.92 Å². The van der Waals surface area contributed by atoms with Crippen LogP contribution in [0.4, 0.5) is 0 Å². The zero-order chi connectivity index (χ0) is 13.0. The van der Waals surface area contributed by atoms with Crippen molar-refractivity contribution in [2.75, 3.05) is 0 Å². The van der Waals surface area contributed by atoms with Gasteiger partial charge in [0.25, 0.3) is 0 Å². The molecule has 0 aliphatic heterocycles. The third-order valence-corrected chi connectivity index (χ3v) is 3.19. The average Bonchev–Trinajstić information content (AvgIpc) is 2.39. The first kappa shape index (κ1) is 12.6. The highest BCUT2D eigenvalue weighted by molar-refractivity contribution is 9.10. The fourth-order valence-corrected chi connectivity index (χ4v) is 1.90. The number of aryl methyl sites for hydroxylation is 1. The minimum absolute atomic E-state index is 0.678. The highest BCUT2D eigenvalue weighted by Crippen LogP contribution is 2.19. The molecule has 0 spiro atoms. The Labute approximate surface area is 116 Å². The number of benzene rings is 2. The molecular formula is C16H12BrN. The molecule has 0 aliphatic rings. The van der Waals surface area contributed by atoms with Gasteiger partial charge in [-0.25, -0.2) is 0 Å². The van der Waals surface area contributed by atoms with Gasteiger partial charge in [0.1, 0.15) is 0 Å². The van der Waals surface area contributed by atoms with Gasteiger partial charge in [0.05, 0.1) is 11.6 Å². The van der Waals surface area contributed by atoms with E-state index in [2.05, 4.69) is 22.0 Å². The maximum absolute atomic E-state index is 9.24. The summed E-state index contributed by atoms with van der Waals surface area (Å²) in [5.74, 6) is 0. The van der Waals surface area contributed by atoms with Crippen molar-refractivity contribution in [3.8, 4) is 6.07 Å². The van der Waals surface area contributed by atoms with Crippen LogP contribution in [0.2, 0.25) is 0 Å². The zero-order valence-electron chi connectivity index (χ0n) is 10.0. The summed E-state index contributed by atoms with van der Waals surface area (Å²) in [4.78, 5) is 0. The van der Waals surface area contributed by atoms with Gasteiger partial charge in [0.2, 0.25) is 0 Å². The topological polar surface area (TPSA) is 23.8 Å². The molecule has 0 atom stereocenters. The van der Waals surface area contributed by atoms with E-state index in [0.717, 1.165) is 15.6 Å². The Kier molecular flexibility index (Phi) is 3.96. The smallest absolute Gasteiger partial charge is 0.0998 e. The lowest BCUT2D eigenvalue weighted by atomic mass is 10.0. The average molecular weight is 298 g/mol. The first-order chi connectivity index (χ1) is 8.69. The van der Waals surface area contributed by atoms with Crippen LogP contribution >= 0.6 is 15.9 Å². The molecule has 0 radical (unpaired) electrons. The number of nitriles is 1. The molecule has 1 nitrogen and oxygen atoms in total. The predicted molar refractivity (Wildman–Crippen MR) is 78.8 cm³/mol. The summed E-state index contributed by atoms with van der Waals surface area (Å²) >= 11 is 3.40. The van der Waals surface area contributed by atoms with Crippen molar-refractivity contribution in [1.29, 1.82) is 5.26 Å². The minimum atomic E-state index is 0.678. The van der Waals surface area contributed by atoms with Crippen LogP contribution in [0.15, 0.2) is 53.0 Å². The van der Waals surface area contributed by atoms with Crippen molar-refractivity contribution in [1.82, 2.24) is 0 Å². The molecule has 18 heavy (non-hydrogen) atoms. The molecule has 0 aromatic heterocycles. The second kappa shape index (κ2) is 5.66. The zero-order valence-corrected chi connectivity index (χ0v) is 11.6. The van der Waals surface area contributed by atoms with Crippen LogP contribution in [0.1, 0.15) is 16.7 Å². The molecule has 0 N–H and O–H groups in total. The summed E-state index contributed by atoms with van der Waals surface area (Å²) in [5.41, 5.74) is 3.85. The Morgan fingerprint density at radius 1 is 1.06 bits per heavy atom. The lowest BCUT2D eigenvalue weighted by Gasteiger charge is -2.01. The number of hydrogen-bond acceptors (Lipinski definition) is 1. The third kappa shape index (κ3) is 3.09. The van der Waals surface area contributed by atoms with E-state index in [0.29, 0.717) is 5.57 Å². The number of allylic oxidation sites excluding steroid dienone is 1. The lowest BCUT2D eigenvalue weighted by molar-refractivity contribution is 1.45. The number of nitrogens with zero attached hydrogens (tertiary/aromatic N) is 1. The van der Waals surface area contributed by atoms with E-state index in [4.69, 9.17) is 0 Å². The van der Waals surface area contributed by atoms with E-state index >= 15 is 0 Å². The number of hydrogen-bond donors (Lipinski definition) is 0. The van der Waals surface area contributed by atoms with E-state index in [-0.39, 0.29) is 0 Å². The van der Waals surface area contributed by atoms with Crippen LogP contribution in [-0.2, 0) is 0 Å². The van der Waals surface area contributed by atoms with Crippen LogP contribution in [0.25, 0.3) is 11.6 Å². The summed E-state index contributed by atoms with van der Waals surface area (Å²) < 4.78 is 1.04. The van der Waals surface area contributed by atoms with Gasteiger partial charge in [-0.1, -0.05) is 57.9 Å². The summed E-state index contributed by atoms with van der Waals surface area (Å²) in [6, 6.07) is 18.1. The van der Waals surface area contributed by atoms with Gasteiger partial charge < -0.3 is 0 Å². The van der Waals surface area contributed by atoms with Crippen LogP contribution in [0, 0.1) is 18.3 Å².